The molecule has 0 aromatic heterocycles. The van der Waals surface area contributed by atoms with E-state index in [4.69, 9.17) is 30.2 Å². The molecule has 6 aliphatic rings. The maximum Gasteiger partial charge on any atom is 0.407 e. The average Bonchev–Trinajstić information content (AvgIpc) is 1.58. The van der Waals surface area contributed by atoms with E-state index in [-0.39, 0.29) is 59.4 Å². The molecule has 3 spiro atoms. The average molecular weight is 1420 g/mol. The monoisotopic (exact) mass is 1420 g/mol. The molecule has 3 atom stereocenters. The van der Waals surface area contributed by atoms with Crippen molar-refractivity contribution in [3.05, 3.63) is 178 Å². The fourth-order valence-corrected chi connectivity index (χ4v) is 13.4. The summed E-state index contributed by atoms with van der Waals surface area (Å²) in [6.07, 6.45) is 5.78. The lowest BCUT2D eigenvalue weighted by Gasteiger charge is -2.37. The van der Waals surface area contributed by atoms with Crippen LogP contribution >= 0.6 is 0 Å². The van der Waals surface area contributed by atoms with E-state index in [1.807, 2.05) is 215 Å². The zero-order valence-electron chi connectivity index (χ0n) is 63.8. The van der Waals surface area contributed by atoms with Gasteiger partial charge in [-0.25, -0.2) is 9.59 Å². The number of nitrogens with two attached hydrogens (primary N) is 1. The molecule has 21 nitrogen and oxygen atoms in total. The Balaban J connectivity index is 0.000000183. The predicted octanol–water partition coefficient (Wildman–Crippen LogP) is 12.6. The van der Waals surface area contributed by atoms with Crippen molar-refractivity contribution < 1.29 is 43.0 Å². The highest BCUT2D eigenvalue weighted by Gasteiger charge is 2.61. The molecular formula is C83H112N12O9. The summed E-state index contributed by atoms with van der Waals surface area (Å²) < 4.78 is 10.6. The number of aryl methyl sites for hydroxylation is 2. The number of alkyl carbamates (subject to hydrolysis) is 2. The van der Waals surface area contributed by atoms with Crippen molar-refractivity contribution in [1.82, 2.24) is 40.4 Å². The van der Waals surface area contributed by atoms with Crippen molar-refractivity contribution in [2.45, 2.75) is 220 Å². The van der Waals surface area contributed by atoms with Crippen molar-refractivity contribution in [3.8, 4) is 0 Å². The van der Waals surface area contributed by atoms with E-state index >= 15 is 0 Å². The van der Waals surface area contributed by atoms with Crippen LogP contribution in [0, 0.1) is 31.6 Å². The molecule has 5 N–H and O–H groups in total. The van der Waals surface area contributed by atoms with Gasteiger partial charge in [0.25, 0.3) is 29.5 Å². The van der Waals surface area contributed by atoms with Crippen LogP contribution in [0.3, 0.4) is 0 Å². The summed E-state index contributed by atoms with van der Waals surface area (Å²) in [5.41, 5.74) is 9.49. The Morgan fingerprint density at radius 3 is 1.11 bits per heavy atom. The van der Waals surface area contributed by atoms with Gasteiger partial charge in [0.05, 0.1) is 37.8 Å². The maximum atomic E-state index is 14.1. The highest BCUT2D eigenvalue weighted by Crippen LogP contribution is 2.49. The quantitative estimate of drug-likeness (QED) is 0.0343. The van der Waals surface area contributed by atoms with Crippen molar-refractivity contribution in [2.24, 2.45) is 38.5 Å². The molecular weight excluding hydrogens is 1310 g/mol. The standard InChI is InChI=1S/C32H42N4O4.C27H34N4O2.C24H36N4O3/c1-22(2)26(27-34-32(17-18-32)29(38)36(27)21-24-11-8-7-9-12-24)35(28(37)25-15-13-23(3)14-16-25)20-10-19-33-30(39)40-31(4,5)6;1-19(2)23(30(17-7-16-28)25(32)22-12-10-20(3)11-13-22)24-29-27(14-15-27)26(33)31(24)18-21-8-5-4-6-9-21;1-17(2)19(25-14-9-15-26-22(30)31-23(3,4)5)20-27-24(12-13-24)21(29)28(20)16-18-10-7-6-8-11-18/h7-9,11-16,22,26H,10,17-21H2,1-6H3,(H,33,39);4-6,8-13,19,23H,7,14-18,28H2,1-3H3;6-8,10-11,17,19,25H,9,12-16H2,1-5H3,(H,26,30). The van der Waals surface area contributed by atoms with Crippen LogP contribution in [-0.4, -0.2) is 169 Å². The second kappa shape index (κ2) is 34.2. The molecule has 0 radical (unpaired) electrons. The van der Waals surface area contributed by atoms with Gasteiger partial charge in [-0.1, -0.05) is 168 Å². The van der Waals surface area contributed by atoms with Crippen molar-refractivity contribution >= 4 is 59.2 Å². The van der Waals surface area contributed by atoms with E-state index < -0.39 is 46.0 Å². The number of hydrogen-bond acceptors (Lipinski definition) is 14. The second-order valence-corrected chi connectivity index (χ2v) is 31.6. The molecule has 558 valence electrons. The number of ether oxygens (including phenoxy) is 2. The lowest BCUT2D eigenvalue weighted by molar-refractivity contribution is -0.129. The summed E-state index contributed by atoms with van der Waals surface area (Å²) >= 11 is 0. The molecule has 3 saturated carbocycles. The van der Waals surface area contributed by atoms with Gasteiger partial charge in [0.2, 0.25) is 0 Å². The minimum atomic E-state index is -0.686. The van der Waals surface area contributed by atoms with Crippen molar-refractivity contribution in [1.29, 1.82) is 0 Å². The first kappa shape index (κ1) is 79.0. The molecule has 5 aromatic carbocycles. The number of nitrogens with zero attached hydrogens (tertiary/aromatic N) is 8. The number of aliphatic imine (C=N–C) groups is 3. The lowest BCUT2D eigenvalue weighted by atomic mass is 9.98. The van der Waals surface area contributed by atoms with Crippen LogP contribution < -0.4 is 21.7 Å². The van der Waals surface area contributed by atoms with Crippen LogP contribution in [-0.2, 0) is 43.5 Å². The Bertz CT molecular complexity index is 3870. The predicted molar refractivity (Wildman–Crippen MR) is 409 cm³/mol. The summed E-state index contributed by atoms with van der Waals surface area (Å²) in [4.78, 5) is 116. The van der Waals surface area contributed by atoms with Gasteiger partial charge in [-0.15, -0.1) is 0 Å². The van der Waals surface area contributed by atoms with Gasteiger partial charge in [-0.2, -0.15) is 0 Å². The molecule has 11 rings (SSSR count). The highest BCUT2D eigenvalue weighted by atomic mass is 16.6. The Morgan fingerprint density at radius 1 is 0.462 bits per heavy atom. The third kappa shape index (κ3) is 20.5. The summed E-state index contributed by atoms with van der Waals surface area (Å²) in [5, 5.41) is 9.15. The molecule has 5 aromatic rings. The van der Waals surface area contributed by atoms with Crippen LogP contribution in [0.4, 0.5) is 9.59 Å². The zero-order chi connectivity index (χ0) is 75.3. The minimum absolute atomic E-state index is 0.00747. The molecule has 3 fully saturated rings. The normalized spacial score (nSPS) is 17.4. The number of nitrogens with one attached hydrogen (secondary N) is 3. The Hall–Kier alpha value is -9.08. The molecule has 0 bridgehead atoms. The summed E-state index contributed by atoms with van der Waals surface area (Å²) in [5.74, 6) is 2.61. The van der Waals surface area contributed by atoms with E-state index in [0.29, 0.717) is 94.5 Å². The van der Waals surface area contributed by atoms with Crippen LogP contribution in [0.2, 0.25) is 0 Å². The van der Waals surface area contributed by atoms with Gasteiger partial charge in [0.15, 0.2) is 0 Å². The van der Waals surface area contributed by atoms with E-state index in [1.54, 1.807) is 4.90 Å². The number of hydrogen-bond donors (Lipinski definition) is 4. The number of carbonyl (C=O) groups is 7. The van der Waals surface area contributed by atoms with Gasteiger partial charge in [0.1, 0.15) is 45.3 Å². The van der Waals surface area contributed by atoms with E-state index in [9.17, 15) is 33.6 Å². The zero-order valence-corrected chi connectivity index (χ0v) is 63.8. The highest BCUT2D eigenvalue weighted by molar-refractivity contribution is 6.14. The van der Waals surface area contributed by atoms with E-state index in [1.165, 1.54) is 0 Å². The summed E-state index contributed by atoms with van der Waals surface area (Å²) in [7, 11) is 0. The van der Waals surface area contributed by atoms with E-state index in [2.05, 4.69) is 57.5 Å². The molecule has 21 heteroatoms. The topological polar surface area (TPSA) is 253 Å². The van der Waals surface area contributed by atoms with Crippen molar-refractivity contribution in [3.63, 3.8) is 0 Å². The van der Waals surface area contributed by atoms with Crippen LogP contribution in [0.5, 0.6) is 0 Å². The molecule has 3 aliphatic heterocycles. The van der Waals surface area contributed by atoms with Gasteiger partial charge in [0, 0.05) is 37.3 Å². The molecule has 7 amide bonds. The molecule has 0 saturated heterocycles. The van der Waals surface area contributed by atoms with Gasteiger partial charge in [-0.3, -0.25) is 53.6 Å². The maximum absolute atomic E-state index is 14.1. The Kier molecular flexibility index (Phi) is 26.0. The summed E-state index contributed by atoms with van der Waals surface area (Å²) in [6.45, 7) is 32.0. The van der Waals surface area contributed by atoms with Gasteiger partial charge in [-0.05, 0) is 185 Å². The van der Waals surface area contributed by atoms with Crippen LogP contribution in [0.1, 0.15) is 189 Å². The first-order valence-corrected chi connectivity index (χ1v) is 37.4. The van der Waals surface area contributed by atoms with Crippen molar-refractivity contribution in [2.75, 3.05) is 39.3 Å². The molecule has 3 aliphatic carbocycles. The third-order valence-corrected chi connectivity index (χ3v) is 19.2. The number of amides is 7. The summed E-state index contributed by atoms with van der Waals surface area (Å²) in [6, 6.07) is 44.4. The van der Waals surface area contributed by atoms with Crippen LogP contribution in [0.25, 0.3) is 0 Å². The molecule has 3 heterocycles. The van der Waals surface area contributed by atoms with Gasteiger partial charge < -0.3 is 41.0 Å². The number of benzene rings is 5. The Labute approximate surface area is 616 Å². The number of carbonyl (C=O) groups excluding carboxylic acids is 7. The second-order valence-electron chi connectivity index (χ2n) is 31.6. The minimum Gasteiger partial charge on any atom is -0.444 e. The smallest absolute Gasteiger partial charge is 0.407 e. The first-order chi connectivity index (χ1) is 49.4. The first-order valence-electron chi connectivity index (χ1n) is 37.4. The third-order valence-electron chi connectivity index (χ3n) is 19.2. The largest absolute Gasteiger partial charge is 0.444 e. The molecule has 104 heavy (non-hydrogen) atoms. The lowest BCUT2D eigenvalue weighted by Crippen LogP contribution is -2.53. The van der Waals surface area contributed by atoms with Gasteiger partial charge >= 0.3 is 12.2 Å². The van der Waals surface area contributed by atoms with Crippen LogP contribution in [0.15, 0.2) is 155 Å². The van der Waals surface area contributed by atoms with E-state index in [0.717, 1.165) is 78.6 Å². The Morgan fingerprint density at radius 2 is 0.788 bits per heavy atom. The number of rotatable bonds is 28. The molecule has 3 unspecified atom stereocenters. The fraction of sp³-hybridized carbons (Fsp3) is 0.518. The SMILES string of the molecule is CC(C)C(NCCCNC(=O)OC(C)(C)C)C1=NC2(CC2)C(=O)N1Cc1ccccc1.Cc1ccc(C(=O)N(CCCN)C(C2=NC3(CC3)C(=O)N2Cc2ccccc2)C(C)C)cc1.Cc1ccc(C(=O)N(CCCNC(=O)OC(C)(C)C)C(C2=NC3(CC3)C(=O)N2Cc2ccccc2)C(C)C)cc1. The fourth-order valence-electron chi connectivity index (χ4n) is 13.4. The number of amidine groups is 3.